The molecule has 4 fully saturated rings. The monoisotopic (exact) mass is 841 g/mol. The zero-order valence-corrected chi connectivity index (χ0v) is 41.5. The molecule has 61 heavy (non-hydrogen) atoms. The lowest BCUT2D eigenvalue weighted by Gasteiger charge is -2.39. The van der Waals surface area contributed by atoms with Crippen LogP contribution in [0.3, 0.4) is 0 Å². The Morgan fingerprint density at radius 2 is 0.639 bits per heavy atom. The van der Waals surface area contributed by atoms with Crippen molar-refractivity contribution in [2.75, 3.05) is 0 Å². The van der Waals surface area contributed by atoms with E-state index in [-0.39, 0.29) is 11.6 Å². The van der Waals surface area contributed by atoms with Gasteiger partial charge >= 0.3 is 28.5 Å². The van der Waals surface area contributed by atoms with Crippen LogP contribution in [0.1, 0.15) is 168 Å². The molecule has 0 aliphatic carbocycles. The van der Waals surface area contributed by atoms with Crippen molar-refractivity contribution < 1.29 is 37.2 Å². The molecule has 0 bridgehead atoms. The Bertz CT molecular complexity index is 1610. The van der Waals surface area contributed by atoms with E-state index in [0.29, 0.717) is 6.42 Å². The second-order valence-corrected chi connectivity index (χ2v) is 23.9. The molecule has 12 heteroatoms. The lowest BCUT2D eigenvalue weighted by molar-refractivity contribution is 0.00578. The molecule has 336 valence electrons. The van der Waals surface area contributed by atoms with Gasteiger partial charge in [-0.15, -0.1) is 0 Å². The van der Waals surface area contributed by atoms with Gasteiger partial charge in [0.1, 0.15) is 0 Å². The third-order valence-corrected chi connectivity index (χ3v) is 16.7. The van der Waals surface area contributed by atoms with E-state index in [1.807, 2.05) is 0 Å². The van der Waals surface area contributed by atoms with Gasteiger partial charge in [-0.25, -0.2) is 0 Å². The summed E-state index contributed by atoms with van der Waals surface area (Å²) in [6.45, 7) is 39.1. The summed E-state index contributed by atoms with van der Waals surface area (Å²) in [5.41, 5.74) is -1.43. The summed E-state index contributed by atoms with van der Waals surface area (Å²) in [6, 6.07) is 21.5. The highest BCUT2D eigenvalue weighted by atomic mass is 16.7. The minimum atomic E-state index is -0.520. The van der Waals surface area contributed by atoms with Crippen molar-refractivity contribution in [1.82, 2.24) is 0 Å². The maximum absolute atomic E-state index is 7.08. The Morgan fingerprint density at radius 3 is 0.902 bits per heavy atom. The van der Waals surface area contributed by atoms with Crippen LogP contribution in [-0.2, 0) is 50.1 Å². The molecule has 0 amide bonds. The Hall–Kier alpha value is -1.62. The summed E-state index contributed by atoms with van der Waals surface area (Å²) in [5, 5.41) is -0.837. The lowest BCUT2D eigenvalue weighted by Crippen LogP contribution is -2.41. The van der Waals surface area contributed by atoms with Crippen LogP contribution in [0, 0.1) is 0 Å². The van der Waals surface area contributed by atoms with Crippen LogP contribution >= 0.6 is 0 Å². The molecule has 2 aromatic rings. The Balaban J connectivity index is 1.44. The normalized spacial score (nSPS) is 27.2. The number of hydrogen-bond acceptors (Lipinski definition) is 8. The topological polar surface area (TPSA) is 73.8 Å². The van der Waals surface area contributed by atoms with E-state index >= 15 is 0 Å². The predicted octanol–water partition coefficient (Wildman–Crippen LogP) is 12.1. The van der Waals surface area contributed by atoms with Crippen LogP contribution in [0.2, 0.25) is 22.3 Å². The van der Waals surface area contributed by atoms with Gasteiger partial charge in [0, 0.05) is 10.6 Å². The fourth-order valence-corrected chi connectivity index (χ4v) is 9.37. The van der Waals surface area contributed by atoms with Crippen LogP contribution in [0.25, 0.3) is 0 Å². The molecule has 4 saturated heterocycles. The predicted molar refractivity (Wildman–Crippen MR) is 252 cm³/mol. The van der Waals surface area contributed by atoms with E-state index in [1.54, 1.807) is 0 Å². The molecule has 0 aromatic heterocycles. The van der Waals surface area contributed by atoms with E-state index in [2.05, 4.69) is 185 Å². The standard InChI is InChI=1S/C49H80B4O8/c1-40(2)41(3,4)55-50(54-40)38(34-48(17,31-29-36-25-21-19-22-26-36)52-58-44(9,10)45(11,12)59-52)33-39(51-56-42(5,6)43(7,8)57-51)35-49(18,32-30-37-27-23-20-24-28-37)53-60-46(13,14)47(15,16)61-53/h19-28,38-39H,29-35H2,1-18H3/t38-,39-,48+,49+/m0/s1. The number of aryl methyl sites for hydroxylation is 2. The highest BCUT2D eigenvalue weighted by Gasteiger charge is 2.64. The van der Waals surface area contributed by atoms with E-state index in [9.17, 15) is 0 Å². The SMILES string of the molecule is CC1(C)OB([C@@H](C[C@@H](C[C@@](C)(CCc2ccccc2)B2OC(C)(C)C(C)(C)O2)B2OC(C)(C)C(C)(C)O2)C[C@@](C)(CCc2ccccc2)B2OC(C)(C)C(C)(C)O2)OC1(C)C. The third-order valence-electron chi connectivity index (χ3n) is 16.7. The van der Waals surface area contributed by atoms with Crippen molar-refractivity contribution in [1.29, 1.82) is 0 Å². The van der Waals surface area contributed by atoms with Crippen LogP contribution in [0.5, 0.6) is 0 Å². The maximum atomic E-state index is 7.08. The van der Waals surface area contributed by atoms with Crippen molar-refractivity contribution in [3.8, 4) is 0 Å². The Labute approximate surface area is 372 Å². The number of hydrogen-bond donors (Lipinski definition) is 0. The first-order chi connectivity index (χ1) is 27.8. The number of rotatable bonds is 16. The van der Waals surface area contributed by atoms with Crippen LogP contribution < -0.4 is 0 Å². The van der Waals surface area contributed by atoms with Crippen molar-refractivity contribution in [2.24, 2.45) is 0 Å². The van der Waals surface area contributed by atoms with Crippen molar-refractivity contribution in [3.63, 3.8) is 0 Å². The Kier molecular flexibility index (Phi) is 13.3. The summed E-state index contributed by atoms with van der Waals surface area (Å²) < 4.78 is 56.3. The van der Waals surface area contributed by atoms with Gasteiger partial charge in [0.2, 0.25) is 0 Å². The molecule has 0 radical (unpaired) electrons. The molecule has 8 nitrogen and oxygen atoms in total. The van der Waals surface area contributed by atoms with Gasteiger partial charge < -0.3 is 37.2 Å². The molecule has 4 heterocycles. The fourth-order valence-electron chi connectivity index (χ4n) is 9.37. The summed E-state index contributed by atoms with van der Waals surface area (Å²) in [5.74, 6) is -0.164. The highest BCUT2D eigenvalue weighted by Crippen LogP contribution is 2.59. The van der Waals surface area contributed by atoms with E-state index in [1.165, 1.54) is 11.1 Å². The summed E-state index contributed by atoms with van der Waals surface area (Å²) >= 11 is 0. The van der Waals surface area contributed by atoms with E-state index in [0.717, 1.165) is 38.5 Å². The van der Waals surface area contributed by atoms with Crippen molar-refractivity contribution in [3.05, 3.63) is 71.8 Å². The zero-order valence-electron chi connectivity index (χ0n) is 41.5. The molecule has 4 aliphatic rings. The lowest BCUT2D eigenvalue weighted by atomic mass is 9.45. The van der Waals surface area contributed by atoms with Crippen LogP contribution in [0.4, 0.5) is 0 Å². The molecular formula is C49H80B4O8. The molecule has 0 spiro atoms. The van der Waals surface area contributed by atoms with Crippen molar-refractivity contribution >= 4 is 28.5 Å². The molecule has 0 N–H and O–H groups in total. The molecule has 6 rings (SSSR count). The molecule has 0 saturated carbocycles. The minimum Gasteiger partial charge on any atom is -0.403 e. The van der Waals surface area contributed by atoms with E-state index < -0.39 is 83.9 Å². The smallest absolute Gasteiger partial charge is 0.403 e. The van der Waals surface area contributed by atoms with Gasteiger partial charge in [0.05, 0.1) is 44.8 Å². The molecule has 2 aromatic carbocycles. The van der Waals surface area contributed by atoms with Crippen molar-refractivity contribution in [2.45, 2.75) is 237 Å². The van der Waals surface area contributed by atoms with Gasteiger partial charge in [-0.3, -0.25) is 0 Å². The summed E-state index contributed by atoms with van der Waals surface area (Å²) in [6.07, 6.45) is 5.67. The molecule has 0 unspecified atom stereocenters. The first kappa shape index (κ1) is 48.8. The summed E-state index contributed by atoms with van der Waals surface area (Å²) in [4.78, 5) is 0. The maximum Gasteiger partial charge on any atom is 0.464 e. The van der Waals surface area contributed by atoms with Gasteiger partial charge in [-0.2, -0.15) is 0 Å². The largest absolute Gasteiger partial charge is 0.464 e. The summed E-state index contributed by atoms with van der Waals surface area (Å²) in [7, 11) is -1.86. The van der Waals surface area contributed by atoms with Gasteiger partial charge in [-0.1, -0.05) is 80.9 Å². The molecular weight excluding hydrogens is 760 g/mol. The third kappa shape index (κ3) is 9.98. The minimum absolute atomic E-state index is 0.0819. The van der Waals surface area contributed by atoms with Gasteiger partial charge in [0.15, 0.2) is 0 Å². The first-order valence-electron chi connectivity index (χ1n) is 23.3. The van der Waals surface area contributed by atoms with E-state index in [4.69, 9.17) is 37.2 Å². The quantitative estimate of drug-likeness (QED) is 0.155. The Morgan fingerprint density at radius 1 is 0.393 bits per heavy atom. The van der Waals surface area contributed by atoms with Gasteiger partial charge in [0.25, 0.3) is 0 Å². The zero-order chi connectivity index (χ0) is 45.3. The average molecular weight is 840 g/mol. The van der Waals surface area contributed by atoms with Gasteiger partial charge in [-0.05, 0) is 172 Å². The fraction of sp³-hybridized carbons (Fsp3) is 0.755. The first-order valence-corrected chi connectivity index (χ1v) is 23.3. The number of benzene rings is 2. The highest BCUT2D eigenvalue weighted by molar-refractivity contribution is 6.53. The second-order valence-electron chi connectivity index (χ2n) is 23.9. The van der Waals surface area contributed by atoms with Crippen LogP contribution in [0.15, 0.2) is 60.7 Å². The van der Waals surface area contributed by atoms with Crippen LogP contribution in [-0.4, -0.2) is 73.3 Å². The molecule has 4 atom stereocenters. The second kappa shape index (κ2) is 16.7. The molecule has 4 aliphatic heterocycles. The average Bonchev–Trinajstić information content (AvgIpc) is 3.70.